The highest BCUT2D eigenvalue weighted by Crippen LogP contribution is 2.40. The first-order valence-electron chi connectivity index (χ1n) is 8.36. The number of aryl methyl sites for hydroxylation is 3. The van der Waals surface area contributed by atoms with Crippen LogP contribution < -0.4 is 5.32 Å². The van der Waals surface area contributed by atoms with Crippen LogP contribution in [0.5, 0.6) is 0 Å². The first kappa shape index (κ1) is 15.7. The van der Waals surface area contributed by atoms with Crippen molar-refractivity contribution in [3.05, 3.63) is 52.6 Å². The number of carbonyl (C=O) groups excluding carboxylic acids is 1. The summed E-state index contributed by atoms with van der Waals surface area (Å²) in [5.74, 6) is -0.111. The van der Waals surface area contributed by atoms with Gasteiger partial charge in [-0.3, -0.25) is 9.48 Å². The van der Waals surface area contributed by atoms with Crippen LogP contribution in [-0.2, 0) is 7.05 Å². The fourth-order valence-electron chi connectivity index (χ4n) is 3.19. The summed E-state index contributed by atoms with van der Waals surface area (Å²) in [6.07, 6.45) is 2.21. The first-order chi connectivity index (χ1) is 11.9. The Morgan fingerprint density at radius 3 is 2.72 bits per heavy atom. The van der Waals surface area contributed by atoms with Gasteiger partial charge in [0.15, 0.2) is 5.65 Å². The van der Waals surface area contributed by atoms with Gasteiger partial charge in [0.1, 0.15) is 5.82 Å². The van der Waals surface area contributed by atoms with Crippen molar-refractivity contribution in [1.29, 1.82) is 0 Å². The molecule has 2 heterocycles. The molecule has 0 saturated heterocycles. The van der Waals surface area contributed by atoms with E-state index in [1.165, 1.54) is 12.1 Å². The van der Waals surface area contributed by atoms with E-state index >= 15 is 0 Å². The number of nitrogens with one attached hydrogen (secondary N) is 1. The van der Waals surface area contributed by atoms with Crippen molar-refractivity contribution in [3.63, 3.8) is 0 Å². The lowest BCUT2D eigenvalue weighted by Crippen LogP contribution is -2.14. The second-order valence-corrected chi connectivity index (χ2v) is 6.69. The number of carbonyl (C=O) groups is 1. The number of rotatable bonds is 3. The third-order valence-electron chi connectivity index (χ3n) is 4.67. The predicted molar refractivity (Wildman–Crippen MR) is 94.3 cm³/mol. The van der Waals surface area contributed by atoms with E-state index in [0.717, 1.165) is 35.3 Å². The van der Waals surface area contributed by atoms with E-state index in [0.29, 0.717) is 22.7 Å². The number of aromatic nitrogens is 3. The average Bonchev–Trinajstić information content (AvgIpc) is 3.37. The molecule has 1 fully saturated rings. The van der Waals surface area contributed by atoms with E-state index in [9.17, 15) is 9.18 Å². The average molecular weight is 338 g/mol. The van der Waals surface area contributed by atoms with Gasteiger partial charge in [0.2, 0.25) is 0 Å². The number of anilines is 1. The van der Waals surface area contributed by atoms with Gasteiger partial charge >= 0.3 is 0 Å². The Hall–Kier alpha value is -2.76. The van der Waals surface area contributed by atoms with Gasteiger partial charge in [-0.25, -0.2) is 9.37 Å². The maximum absolute atomic E-state index is 13.3. The monoisotopic (exact) mass is 338 g/mol. The topological polar surface area (TPSA) is 59.8 Å². The van der Waals surface area contributed by atoms with Crippen molar-refractivity contribution in [3.8, 4) is 0 Å². The minimum absolute atomic E-state index is 0.222. The van der Waals surface area contributed by atoms with Gasteiger partial charge in [0, 0.05) is 24.3 Å². The molecule has 1 N–H and O–H groups in total. The van der Waals surface area contributed by atoms with Crippen LogP contribution in [-0.4, -0.2) is 20.7 Å². The number of benzene rings is 1. The largest absolute Gasteiger partial charge is 0.322 e. The molecule has 0 radical (unpaired) electrons. The summed E-state index contributed by atoms with van der Waals surface area (Å²) < 4.78 is 15.0. The van der Waals surface area contributed by atoms with Gasteiger partial charge in [-0.15, -0.1) is 0 Å². The van der Waals surface area contributed by atoms with Crippen molar-refractivity contribution >= 4 is 22.6 Å². The van der Waals surface area contributed by atoms with Crippen molar-refractivity contribution < 1.29 is 9.18 Å². The first-order valence-corrected chi connectivity index (χ1v) is 8.36. The zero-order chi connectivity index (χ0) is 17.7. The Balaban J connectivity index is 1.80. The molecule has 3 aromatic rings. The summed E-state index contributed by atoms with van der Waals surface area (Å²) in [5, 5.41) is 8.08. The SMILES string of the molecule is Cc1cc(F)ccc1NC(=O)c1cc(C2CC2)nc2c1c(C)nn2C. The molecule has 0 aliphatic heterocycles. The van der Waals surface area contributed by atoms with E-state index < -0.39 is 0 Å². The lowest BCUT2D eigenvalue weighted by Gasteiger charge is -2.11. The third kappa shape index (κ3) is 2.77. The van der Waals surface area contributed by atoms with E-state index in [1.807, 2.05) is 20.0 Å². The number of fused-ring (bicyclic) bond motifs is 1. The summed E-state index contributed by atoms with van der Waals surface area (Å²) in [5.41, 5.74) is 4.30. The lowest BCUT2D eigenvalue weighted by molar-refractivity contribution is 0.102. The summed E-state index contributed by atoms with van der Waals surface area (Å²) in [6, 6.07) is 6.21. The molecule has 5 nitrogen and oxygen atoms in total. The fraction of sp³-hybridized carbons (Fsp3) is 0.316. The molecule has 1 aromatic carbocycles. The molecule has 128 valence electrons. The third-order valence-corrected chi connectivity index (χ3v) is 4.67. The molecule has 0 spiro atoms. The van der Waals surface area contributed by atoms with Crippen LogP contribution >= 0.6 is 0 Å². The molecular formula is C19H19FN4O. The number of amides is 1. The van der Waals surface area contributed by atoms with Crippen molar-refractivity contribution in [1.82, 2.24) is 14.8 Å². The van der Waals surface area contributed by atoms with Gasteiger partial charge in [-0.2, -0.15) is 5.10 Å². The van der Waals surface area contributed by atoms with Gasteiger partial charge in [-0.1, -0.05) is 0 Å². The smallest absolute Gasteiger partial charge is 0.256 e. The fourth-order valence-corrected chi connectivity index (χ4v) is 3.19. The van der Waals surface area contributed by atoms with E-state index in [-0.39, 0.29) is 11.7 Å². The van der Waals surface area contributed by atoms with Gasteiger partial charge in [0.25, 0.3) is 5.91 Å². The molecule has 1 aliphatic rings. The Morgan fingerprint density at radius 2 is 2.04 bits per heavy atom. The zero-order valence-electron chi connectivity index (χ0n) is 14.4. The number of halogens is 1. The minimum Gasteiger partial charge on any atom is -0.322 e. The van der Waals surface area contributed by atoms with Crippen LogP contribution in [0, 0.1) is 19.7 Å². The van der Waals surface area contributed by atoms with Crippen LogP contribution in [0.2, 0.25) is 0 Å². The van der Waals surface area contributed by atoms with Crippen LogP contribution in [0.15, 0.2) is 24.3 Å². The molecule has 1 aliphatic carbocycles. The van der Waals surface area contributed by atoms with E-state index in [2.05, 4.69) is 10.4 Å². The van der Waals surface area contributed by atoms with Gasteiger partial charge < -0.3 is 5.32 Å². The van der Waals surface area contributed by atoms with Crippen molar-refractivity contribution in [2.24, 2.45) is 7.05 Å². The summed E-state index contributed by atoms with van der Waals surface area (Å²) in [6.45, 7) is 3.65. The number of pyridine rings is 1. The lowest BCUT2D eigenvalue weighted by atomic mass is 10.1. The van der Waals surface area contributed by atoms with Crippen LogP contribution in [0.3, 0.4) is 0 Å². The Morgan fingerprint density at radius 1 is 1.28 bits per heavy atom. The number of nitrogens with zero attached hydrogens (tertiary/aromatic N) is 3. The summed E-state index contributed by atoms with van der Waals surface area (Å²) in [4.78, 5) is 17.7. The molecule has 0 unspecified atom stereocenters. The van der Waals surface area contributed by atoms with Crippen molar-refractivity contribution in [2.75, 3.05) is 5.32 Å². The molecule has 0 bridgehead atoms. The quantitative estimate of drug-likeness (QED) is 0.789. The summed E-state index contributed by atoms with van der Waals surface area (Å²) in [7, 11) is 1.84. The highest BCUT2D eigenvalue weighted by atomic mass is 19.1. The van der Waals surface area contributed by atoms with Crippen LogP contribution in [0.4, 0.5) is 10.1 Å². The molecule has 1 amide bonds. The maximum atomic E-state index is 13.3. The Kier molecular flexibility index (Phi) is 3.56. The molecule has 2 aromatic heterocycles. The highest BCUT2D eigenvalue weighted by Gasteiger charge is 2.28. The standard InChI is InChI=1S/C19H19FN4O/c1-10-8-13(20)6-7-15(10)22-19(25)14-9-16(12-4-5-12)21-18-17(14)11(2)23-24(18)3/h6-9,12H,4-5H2,1-3H3,(H,22,25). The highest BCUT2D eigenvalue weighted by molar-refractivity contribution is 6.13. The minimum atomic E-state index is -0.319. The molecule has 0 atom stereocenters. The molecule has 1 saturated carbocycles. The van der Waals surface area contributed by atoms with E-state index in [1.54, 1.807) is 17.7 Å². The van der Waals surface area contributed by atoms with E-state index in [4.69, 9.17) is 4.98 Å². The number of hydrogen-bond acceptors (Lipinski definition) is 3. The van der Waals surface area contributed by atoms with Gasteiger partial charge in [-0.05, 0) is 56.5 Å². The normalized spacial score (nSPS) is 14.1. The maximum Gasteiger partial charge on any atom is 0.256 e. The molecule has 25 heavy (non-hydrogen) atoms. The summed E-state index contributed by atoms with van der Waals surface area (Å²) >= 11 is 0. The second-order valence-electron chi connectivity index (χ2n) is 6.69. The van der Waals surface area contributed by atoms with Crippen LogP contribution in [0.1, 0.15) is 46.1 Å². The molecular weight excluding hydrogens is 319 g/mol. The van der Waals surface area contributed by atoms with Crippen molar-refractivity contribution in [2.45, 2.75) is 32.6 Å². The Labute approximate surface area is 144 Å². The Bertz CT molecular complexity index is 1000. The second kappa shape index (κ2) is 5.65. The van der Waals surface area contributed by atoms with Crippen LogP contribution in [0.25, 0.3) is 11.0 Å². The number of hydrogen-bond donors (Lipinski definition) is 1. The zero-order valence-corrected chi connectivity index (χ0v) is 14.4. The van der Waals surface area contributed by atoms with Gasteiger partial charge in [0.05, 0.1) is 16.6 Å². The molecule has 4 rings (SSSR count). The molecule has 6 heteroatoms. The predicted octanol–water partition coefficient (Wildman–Crippen LogP) is 3.85.